The third kappa shape index (κ3) is 5.11. The minimum atomic E-state index is -0.334. The first-order valence-corrected chi connectivity index (χ1v) is 11.4. The monoisotopic (exact) mass is 437 g/mol. The van der Waals surface area contributed by atoms with Gasteiger partial charge in [0.25, 0.3) is 0 Å². The van der Waals surface area contributed by atoms with Crippen molar-refractivity contribution in [2.75, 3.05) is 19.0 Å². The van der Waals surface area contributed by atoms with Gasteiger partial charge in [0.15, 0.2) is 5.16 Å². The number of nitrogens with zero attached hydrogens (tertiary/aromatic N) is 2. The van der Waals surface area contributed by atoms with Crippen LogP contribution in [0, 0.1) is 0 Å². The summed E-state index contributed by atoms with van der Waals surface area (Å²) in [5.41, 5.74) is 2.80. The number of carbonyl (C=O) groups excluding carboxylic acids is 1. The lowest BCUT2D eigenvalue weighted by Crippen LogP contribution is -2.24. The number of imidazole rings is 1. The zero-order valence-corrected chi connectivity index (χ0v) is 18.6. The average Bonchev–Trinajstić information content (AvgIpc) is 3.45. The fraction of sp³-hybridized carbons (Fsp3) is 0.333. The minimum absolute atomic E-state index is 0.0950. The zero-order valence-electron chi connectivity index (χ0n) is 17.8. The van der Waals surface area contributed by atoms with E-state index in [-0.39, 0.29) is 17.3 Å². The van der Waals surface area contributed by atoms with Crippen molar-refractivity contribution in [3.05, 3.63) is 60.8 Å². The van der Waals surface area contributed by atoms with E-state index in [0.717, 1.165) is 42.4 Å². The van der Waals surface area contributed by atoms with Gasteiger partial charge in [-0.2, -0.15) is 0 Å². The van der Waals surface area contributed by atoms with Gasteiger partial charge < -0.3 is 19.4 Å². The van der Waals surface area contributed by atoms with Crippen molar-refractivity contribution >= 4 is 23.4 Å². The average molecular weight is 438 g/mol. The molecule has 1 N–H and O–H groups in total. The predicted octanol–water partition coefficient (Wildman–Crippen LogP) is 4.86. The molecule has 0 saturated carbocycles. The molecular weight excluding hydrogens is 410 g/mol. The standard InChI is InChI=1S/C24H27N3O3S/c1-17(23(28)26-20-12-6-7-13-22(20)29-2)31-24-25-15-21(18-9-4-3-5-10-18)27(24)16-19-11-8-14-30-19/h3-7,9-10,12-13,15,17,19H,8,11,14,16H2,1-2H3,(H,26,28). The molecule has 2 aromatic carbocycles. The quantitative estimate of drug-likeness (QED) is 0.510. The number of anilines is 1. The van der Waals surface area contributed by atoms with Gasteiger partial charge in [-0.25, -0.2) is 4.98 Å². The maximum absolute atomic E-state index is 12.9. The van der Waals surface area contributed by atoms with Crippen molar-refractivity contribution in [1.82, 2.24) is 9.55 Å². The smallest absolute Gasteiger partial charge is 0.237 e. The first kappa shape index (κ1) is 21.5. The third-order valence-corrected chi connectivity index (χ3v) is 6.42. The summed E-state index contributed by atoms with van der Waals surface area (Å²) in [6.07, 6.45) is 4.19. The van der Waals surface area contributed by atoms with Crippen LogP contribution in [0.2, 0.25) is 0 Å². The highest BCUT2D eigenvalue weighted by Gasteiger charge is 2.24. The first-order chi connectivity index (χ1) is 15.2. The van der Waals surface area contributed by atoms with Crippen LogP contribution in [0.3, 0.4) is 0 Å². The summed E-state index contributed by atoms with van der Waals surface area (Å²) < 4.78 is 13.4. The summed E-state index contributed by atoms with van der Waals surface area (Å²) in [4.78, 5) is 17.5. The molecule has 0 aliphatic carbocycles. The van der Waals surface area contributed by atoms with Gasteiger partial charge in [-0.3, -0.25) is 4.79 Å². The highest BCUT2D eigenvalue weighted by Crippen LogP contribution is 2.31. The predicted molar refractivity (Wildman–Crippen MR) is 124 cm³/mol. The maximum Gasteiger partial charge on any atom is 0.237 e. The Morgan fingerprint density at radius 3 is 2.77 bits per heavy atom. The molecule has 1 saturated heterocycles. The van der Waals surface area contributed by atoms with E-state index in [4.69, 9.17) is 9.47 Å². The van der Waals surface area contributed by atoms with Gasteiger partial charge in [-0.05, 0) is 37.5 Å². The normalized spacial score (nSPS) is 16.8. The van der Waals surface area contributed by atoms with Gasteiger partial charge in [0.1, 0.15) is 5.75 Å². The summed E-state index contributed by atoms with van der Waals surface area (Å²) in [6.45, 7) is 3.43. The molecule has 0 radical (unpaired) electrons. The second kappa shape index (κ2) is 10.0. The Labute approximate surface area is 187 Å². The van der Waals surface area contributed by atoms with E-state index in [1.807, 2.05) is 55.6 Å². The van der Waals surface area contributed by atoms with Crippen LogP contribution in [-0.2, 0) is 16.1 Å². The van der Waals surface area contributed by atoms with E-state index in [9.17, 15) is 4.79 Å². The topological polar surface area (TPSA) is 65.4 Å². The lowest BCUT2D eigenvalue weighted by molar-refractivity contribution is -0.115. The fourth-order valence-electron chi connectivity index (χ4n) is 3.65. The number of amides is 1. The Bertz CT molecular complexity index is 1020. The zero-order chi connectivity index (χ0) is 21.6. The van der Waals surface area contributed by atoms with Crippen molar-refractivity contribution in [3.8, 4) is 17.0 Å². The van der Waals surface area contributed by atoms with Crippen LogP contribution in [0.15, 0.2) is 66.0 Å². The largest absolute Gasteiger partial charge is 0.495 e. The molecule has 1 fully saturated rings. The van der Waals surface area contributed by atoms with Gasteiger partial charge in [0.05, 0.1) is 42.6 Å². The highest BCUT2D eigenvalue weighted by atomic mass is 32.2. The molecular formula is C24H27N3O3S. The van der Waals surface area contributed by atoms with E-state index < -0.39 is 0 Å². The Kier molecular flexibility index (Phi) is 6.94. The molecule has 4 rings (SSSR count). The number of carbonyl (C=O) groups is 1. The van der Waals surface area contributed by atoms with Crippen LogP contribution >= 0.6 is 11.8 Å². The van der Waals surface area contributed by atoms with E-state index in [2.05, 4.69) is 27.0 Å². The molecule has 3 aromatic rings. The number of rotatable bonds is 8. The number of nitrogens with one attached hydrogen (secondary N) is 1. The summed E-state index contributed by atoms with van der Waals surface area (Å²) >= 11 is 1.45. The number of methoxy groups -OCH3 is 1. The lowest BCUT2D eigenvalue weighted by Gasteiger charge is -2.18. The molecule has 1 aliphatic heterocycles. The Morgan fingerprint density at radius 2 is 2.03 bits per heavy atom. The number of thioether (sulfide) groups is 1. The van der Waals surface area contributed by atoms with Crippen LogP contribution in [0.1, 0.15) is 19.8 Å². The molecule has 1 aromatic heterocycles. The van der Waals surface area contributed by atoms with Crippen LogP contribution in [0.25, 0.3) is 11.3 Å². The molecule has 2 atom stereocenters. The number of aromatic nitrogens is 2. The van der Waals surface area contributed by atoms with Crippen molar-refractivity contribution in [1.29, 1.82) is 0 Å². The summed E-state index contributed by atoms with van der Waals surface area (Å²) in [6, 6.07) is 17.6. The summed E-state index contributed by atoms with van der Waals surface area (Å²) in [7, 11) is 1.59. The minimum Gasteiger partial charge on any atom is -0.495 e. The number of hydrogen-bond donors (Lipinski definition) is 1. The Balaban J connectivity index is 1.54. The van der Waals surface area contributed by atoms with Crippen molar-refractivity contribution in [2.24, 2.45) is 0 Å². The fourth-order valence-corrected chi connectivity index (χ4v) is 4.55. The molecule has 7 heteroatoms. The number of benzene rings is 2. The SMILES string of the molecule is COc1ccccc1NC(=O)C(C)Sc1ncc(-c2ccccc2)n1CC1CCCO1. The van der Waals surface area contributed by atoms with Gasteiger partial charge >= 0.3 is 0 Å². The second-order valence-corrected chi connectivity index (χ2v) is 8.80. The summed E-state index contributed by atoms with van der Waals surface area (Å²) in [5, 5.41) is 3.45. The van der Waals surface area contributed by atoms with Crippen LogP contribution in [-0.4, -0.2) is 40.5 Å². The Morgan fingerprint density at radius 1 is 1.26 bits per heavy atom. The van der Waals surface area contributed by atoms with Crippen LogP contribution < -0.4 is 10.1 Å². The summed E-state index contributed by atoms with van der Waals surface area (Å²) in [5.74, 6) is 0.543. The van der Waals surface area contributed by atoms with Crippen molar-refractivity contribution in [2.45, 2.75) is 42.8 Å². The van der Waals surface area contributed by atoms with E-state index in [1.54, 1.807) is 7.11 Å². The molecule has 1 aliphatic rings. The maximum atomic E-state index is 12.9. The van der Waals surface area contributed by atoms with Crippen LogP contribution in [0.5, 0.6) is 5.75 Å². The Hall–Kier alpha value is -2.77. The molecule has 6 nitrogen and oxygen atoms in total. The molecule has 2 unspecified atom stereocenters. The first-order valence-electron chi connectivity index (χ1n) is 10.5. The third-order valence-electron chi connectivity index (χ3n) is 5.31. The second-order valence-electron chi connectivity index (χ2n) is 7.49. The van der Waals surface area contributed by atoms with E-state index >= 15 is 0 Å². The molecule has 0 bridgehead atoms. The number of ether oxygens (including phenoxy) is 2. The molecule has 0 spiro atoms. The van der Waals surface area contributed by atoms with Crippen LogP contribution in [0.4, 0.5) is 5.69 Å². The van der Waals surface area contributed by atoms with Gasteiger partial charge in [-0.15, -0.1) is 0 Å². The number of hydrogen-bond acceptors (Lipinski definition) is 5. The molecule has 1 amide bonds. The highest BCUT2D eigenvalue weighted by molar-refractivity contribution is 8.00. The lowest BCUT2D eigenvalue weighted by atomic mass is 10.1. The van der Waals surface area contributed by atoms with E-state index in [0.29, 0.717) is 11.4 Å². The van der Waals surface area contributed by atoms with Gasteiger partial charge in [-0.1, -0.05) is 54.2 Å². The van der Waals surface area contributed by atoms with Gasteiger partial charge in [0, 0.05) is 6.61 Å². The number of para-hydroxylation sites is 2. The van der Waals surface area contributed by atoms with E-state index in [1.165, 1.54) is 11.8 Å². The van der Waals surface area contributed by atoms with Crippen molar-refractivity contribution in [3.63, 3.8) is 0 Å². The molecule has 2 heterocycles. The molecule has 31 heavy (non-hydrogen) atoms. The molecule has 162 valence electrons. The van der Waals surface area contributed by atoms with Crippen molar-refractivity contribution < 1.29 is 14.3 Å². The van der Waals surface area contributed by atoms with Gasteiger partial charge in [0.2, 0.25) is 5.91 Å².